The van der Waals surface area contributed by atoms with Gasteiger partial charge in [0.2, 0.25) is 5.78 Å². The zero-order chi connectivity index (χ0) is 13.3. The molecule has 0 atom stereocenters. The van der Waals surface area contributed by atoms with Gasteiger partial charge in [-0.15, -0.1) is 0 Å². The van der Waals surface area contributed by atoms with Crippen molar-refractivity contribution in [3.63, 3.8) is 0 Å². The lowest BCUT2D eigenvalue weighted by molar-refractivity contribution is 0.103. The van der Waals surface area contributed by atoms with E-state index in [1.807, 2.05) is 0 Å². The van der Waals surface area contributed by atoms with Crippen LogP contribution >= 0.6 is 15.9 Å². The van der Waals surface area contributed by atoms with E-state index in [2.05, 4.69) is 20.9 Å². The molecule has 0 bridgehead atoms. The molecule has 0 saturated carbocycles. The van der Waals surface area contributed by atoms with E-state index in [1.165, 1.54) is 12.3 Å². The summed E-state index contributed by atoms with van der Waals surface area (Å²) < 4.78 is 14.6. The molecule has 0 aliphatic heterocycles. The minimum absolute atomic E-state index is 0.0930. The zero-order valence-corrected chi connectivity index (χ0v) is 11.6. The van der Waals surface area contributed by atoms with Crippen LogP contribution in [0.5, 0.6) is 0 Å². The average Bonchev–Trinajstić information content (AvgIpc) is 2.28. The first kappa shape index (κ1) is 12.9. The Balaban J connectivity index is 2.49. The van der Waals surface area contributed by atoms with Crippen LogP contribution in [0.3, 0.4) is 0 Å². The second-order valence-electron chi connectivity index (χ2n) is 4.13. The predicted molar refractivity (Wildman–Crippen MR) is 71.2 cm³/mol. The fraction of sp³-hybridized carbons (Fsp3) is 0.143. The van der Waals surface area contributed by atoms with E-state index in [9.17, 15) is 9.18 Å². The van der Waals surface area contributed by atoms with Crippen LogP contribution in [0.25, 0.3) is 0 Å². The van der Waals surface area contributed by atoms with Gasteiger partial charge >= 0.3 is 0 Å². The van der Waals surface area contributed by atoms with Crippen molar-refractivity contribution in [1.82, 2.24) is 4.98 Å². The molecule has 0 radical (unpaired) electrons. The number of ketones is 1. The lowest BCUT2D eigenvalue weighted by atomic mass is 9.99. The summed E-state index contributed by atoms with van der Waals surface area (Å²) in [6.07, 6.45) is 1.52. The molecule has 18 heavy (non-hydrogen) atoms. The molecule has 0 spiro atoms. The summed E-state index contributed by atoms with van der Waals surface area (Å²) >= 11 is 3.24. The van der Waals surface area contributed by atoms with Crippen molar-refractivity contribution < 1.29 is 9.18 Å². The third kappa shape index (κ3) is 2.48. The topological polar surface area (TPSA) is 30.0 Å². The lowest BCUT2D eigenvalue weighted by Gasteiger charge is -2.07. The maximum absolute atomic E-state index is 13.9. The Morgan fingerprint density at radius 1 is 1.28 bits per heavy atom. The third-order valence-corrected chi connectivity index (χ3v) is 3.09. The fourth-order valence-corrected chi connectivity index (χ4v) is 2.08. The molecule has 2 aromatic rings. The van der Waals surface area contributed by atoms with Gasteiger partial charge in [-0.25, -0.2) is 4.39 Å². The number of nitrogens with zero attached hydrogens (tertiary/aromatic N) is 1. The molecule has 0 unspecified atom stereocenters. The van der Waals surface area contributed by atoms with Gasteiger partial charge in [-0.05, 0) is 59.1 Å². The smallest absolute Gasteiger partial charge is 0.214 e. The highest BCUT2D eigenvalue weighted by molar-refractivity contribution is 9.10. The van der Waals surface area contributed by atoms with Crippen molar-refractivity contribution in [2.45, 2.75) is 13.8 Å². The lowest BCUT2D eigenvalue weighted by Crippen LogP contribution is -2.09. The minimum Gasteiger partial charge on any atom is -0.287 e. The third-order valence-electron chi connectivity index (χ3n) is 2.62. The Morgan fingerprint density at radius 3 is 2.56 bits per heavy atom. The molecule has 0 saturated heterocycles. The van der Waals surface area contributed by atoms with Gasteiger partial charge in [-0.1, -0.05) is 6.07 Å². The van der Waals surface area contributed by atoms with Gasteiger partial charge in [-0.3, -0.25) is 9.78 Å². The first-order valence-electron chi connectivity index (χ1n) is 5.42. The normalized spacial score (nSPS) is 10.4. The van der Waals surface area contributed by atoms with E-state index in [4.69, 9.17) is 0 Å². The highest BCUT2D eigenvalue weighted by Crippen LogP contribution is 2.19. The van der Waals surface area contributed by atoms with Gasteiger partial charge in [0.15, 0.2) is 0 Å². The fourth-order valence-electron chi connectivity index (χ4n) is 1.84. The standard InChI is InChI=1S/C14H11BrFNO/c1-8-5-9(2)13(11(16)6-8)14(18)12-4-3-10(15)7-17-12/h3-7H,1-2H3. The van der Waals surface area contributed by atoms with Crippen LogP contribution in [-0.4, -0.2) is 10.8 Å². The maximum Gasteiger partial charge on any atom is 0.214 e. The van der Waals surface area contributed by atoms with Crippen molar-refractivity contribution in [2.75, 3.05) is 0 Å². The molecular formula is C14H11BrFNO. The Morgan fingerprint density at radius 2 is 2.00 bits per heavy atom. The first-order valence-corrected chi connectivity index (χ1v) is 6.21. The molecular weight excluding hydrogens is 297 g/mol. The molecule has 1 aromatic heterocycles. The van der Waals surface area contributed by atoms with Crippen molar-refractivity contribution in [1.29, 1.82) is 0 Å². The van der Waals surface area contributed by atoms with Crippen LogP contribution in [0.2, 0.25) is 0 Å². The molecule has 0 fully saturated rings. The summed E-state index contributed by atoms with van der Waals surface area (Å²) in [4.78, 5) is 16.2. The van der Waals surface area contributed by atoms with Crippen LogP contribution in [0, 0.1) is 19.7 Å². The van der Waals surface area contributed by atoms with Gasteiger partial charge in [0.05, 0.1) is 5.56 Å². The molecule has 2 rings (SSSR count). The number of carbonyl (C=O) groups is 1. The number of aromatic nitrogens is 1. The number of carbonyl (C=O) groups excluding carboxylic acids is 1. The van der Waals surface area contributed by atoms with Gasteiger partial charge in [0.1, 0.15) is 11.5 Å². The van der Waals surface area contributed by atoms with E-state index in [0.29, 0.717) is 5.56 Å². The van der Waals surface area contributed by atoms with Crippen LogP contribution in [0.15, 0.2) is 34.9 Å². The summed E-state index contributed by atoms with van der Waals surface area (Å²) in [5.41, 5.74) is 1.76. The van der Waals surface area contributed by atoms with Crippen LogP contribution in [-0.2, 0) is 0 Å². The summed E-state index contributed by atoms with van der Waals surface area (Å²) in [5, 5.41) is 0. The number of rotatable bonds is 2. The molecule has 2 nitrogen and oxygen atoms in total. The minimum atomic E-state index is -0.498. The van der Waals surface area contributed by atoms with Crippen molar-refractivity contribution in [3.8, 4) is 0 Å². The van der Waals surface area contributed by atoms with Crippen LogP contribution < -0.4 is 0 Å². The number of hydrogen-bond donors (Lipinski definition) is 0. The zero-order valence-electron chi connectivity index (χ0n) is 10.00. The van der Waals surface area contributed by atoms with E-state index >= 15 is 0 Å². The molecule has 1 aromatic carbocycles. The number of hydrogen-bond acceptors (Lipinski definition) is 2. The first-order chi connectivity index (χ1) is 8.49. The van der Waals surface area contributed by atoms with Gasteiger partial charge in [0.25, 0.3) is 0 Å². The van der Waals surface area contributed by atoms with E-state index < -0.39 is 11.6 Å². The predicted octanol–water partition coefficient (Wildman–Crippen LogP) is 3.83. The highest BCUT2D eigenvalue weighted by atomic mass is 79.9. The van der Waals surface area contributed by atoms with Gasteiger partial charge in [0, 0.05) is 10.7 Å². The molecule has 4 heteroatoms. The summed E-state index contributed by atoms with van der Waals surface area (Å²) in [6.45, 7) is 3.52. The second-order valence-corrected chi connectivity index (χ2v) is 5.05. The molecule has 0 N–H and O–H groups in total. The monoisotopic (exact) mass is 307 g/mol. The van der Waals surface area contributed by atoms with Crippen LogP contribution in [0.4, 0.5) is 4.39 Å². The van der Waals surface area contributed by atoms with Crippen LogP contribution in [0.1, 0.15) is 27.2 Å². The van der Waals surface area contributed by atoms with Gasteiger partial charge in [-0.2, -0.15) is 0 Å². The number of aryl methyl sites for hydroxylation is 2. The van der Waals surface area contributed by atoms with Crippen molar-refractivity contribution in [3.05, 3.63) is 63.1 Å². The molecule has 92 valence electrons. The number of benzene rings is 1. The number of halogens is 2. The largest absolute Gasteiger partial charge is 0.287 e. The molecule has 0 amide bonds. The van der Waals surface area contributed by atoms with E-state index in [1.54, 1.807) is 32.0 Å². The van der Waals surface area contributed by atoms with Crippen molar-refractivity contribution >= 4 is 21.7 Å². The maximum atomic E-state index is 13.9. The van der Waals surface area contributed by atoms with E-state index in [-0.39, 0.29) is 11.3 Å². The summed E-state index contributed by atoms with van der Waals surface area (Å²) in [5.74, 6) is -0.889. The summed E-state index contributed by atoms with van der Waals surface area (Å²) in [7, 11) is 0. The SMILES string of the molecule is Cc1cc(C)c(C(=O)c2ccc(Br)cn2)c(F)c1. The molecule has 1 heterocycles. The molecule has 0 aliphatic rings. The average molecular weight is 308 g/mol. The Hall–Kier alpha value is -1.55. The van der Waals surface area contributed by atoms with Gasteiger partial charge < -0.3 is 0 Å². The quantitative estimate of drug-likeness (QED) is 0.789. The number of pyridine rings is 1. The second kappa shape index (κ2) is 4.98. The molecule has 0 aliphatic carbocycles. The summed E-state index contributed by atoms with van der Waals surface area (Å²) in [6, 6.07) is 6.43. The van der Waals surface area contributed by atoms with E-state index in [0.717, 1.165) is 10.0 Å². The highest BCUT2D eigenvalue weighted by Gasteiger charge is 2.18. The van der Waals surface area contributed by atoms with Crippen molar-refractivity contribution in [2.24, 2.45) is 0 Å². The Labute approximate surface area is 113 Å². The Bertz CT molecular complexity index is 585. The Kier molecular flexibility index (Phi) is 3.57.